The van der Waals surface area contributed by atoms with E-state index in [9.17, 15) is 0 Å². The van der Waals surface area contributed by atoms with Gasteiger partial charge in [-0.25, -0.2) is 0 Å². The molecule has 1 aliphatic rings. The van der Waals surface area contributed by atoms with Crippen LogP contribution in [0.1, 0.15) is 37.5 Å². The molecule has 0 amide bonds. The highest BCUT2D eigenvalue weighted by Gasteiger charge is 2.35. The second-order valence-electron chi connectivity index (χ2n) is 17.2. The Labute approximate surface area is 358 Å². The molecule has 1 heterocycles. The summed E-state index contributed by atoms with van der Waals surface area (Å²) in [5.41, 5.74) is 21.0. The van der Waals surface area contributed by atoms with E-state index in [0.29, 0.717) is 0 Å². The van der Waals surface area contributed by atoms with Gasteiger partial charge in [-0.05, 0) is 85.3 Å². The topological polar surface area (TPSA) is 16.4 Å². The van der Waals surface area contributed by atoms with Crippen molar-refractivity contribution < 1.29 is 4.42 Å². The zero-order chi connectivity index (χ0) is 41.1. The van der Waals surface area contributed by atoms with Crippen molar-refractivity contribution in [3.63, 3.8) is 0 Å². The fourth-order valence-electron chi connectivity index (χ4n) is 9.73. The van der Waals surface area contributed by atoms with Crippen molar-refractivity contribution in [1.82, 2.24) is 0 Å². The van der Waals surface area contributed by atoms with Gasteiger partial charge in [-0.1, -0.05) is 203 Å². The first-order valence-electron chi connectivity index (χ1n) is 21.3. The first-order valence-corrected chi connectivity index (χ1v) is 21.3. The molecule has 2 nitrogen and oxygen atoms in total. The maximum Gasteiger partial charge on any atom is 0.136 e. The first-order chi connectivity index (χ1) is 29.9. The number of anilines is 3. The van der Waals surface area contributed by atoms with Crippen LogP contribution in [0.25, 0.3) is 77.6 Å². The van der Waals surface area contributed by atoms with E-state index >= 15 is 0 Å². The summed E-state index contributed by atoms with van der Waals surface area (Å²) in [4.78, 5) is 2.67. The first kappa shape index (κ1) is 36.6. The molecule has 0 saturated carbocycles. The zero-order valence-corrected chi connectivity index (χ0v) is 34.7. The molecule has 10 aromatic rings. The van der Waals surface area contributed by atoms with E-state index in [4.69, 9.17) is 4.42 Å². The highest BCUT2D eigenvalue weighted by Crippen LogP contribution is 2.58. The van der Waals surface area contributed by atoms with Crippen LogP contribution in [0.4, 0.5) is 17.1 Å². The maximum absolute atomic E-state index is 6.55. The van der Waals surface area contributed by atoms with E-state index in [0.717, 1.165) is 45.2 Å². The number of hydrogen-bond acceptors (Lipinski definition) is 2. The minimum Gasteiger partial charge on any atom is -0.456 e. The lowest BCUT2D eigenvalue weighted by molar-refractivity contribution is 0.591. The molecule has 0 spiro atoms. The molecule has 2 heteroatoms. The number of para-hydroxylation sites is 3. The summed E-state index contributed by atoms with van der Waals surface area (Å²) in [7, 11) is 0. The van der Waals surface area contributed by atoms with E-state index in [2.05, 4.69) is 232 Å². The third-order valence-corrected chi connectivity index (χ3v) is 12.4. The maximum atomic E-state index is 6.55. The van der Waals surface area contributed by atoms with Crippen molar-refractivity contribution in [1.29, 1.82) is 0 Å². The van der Waals surface area contributed by atoms with Crippen molar-refractivity contribution in [2.24, 2.45) is 0 Å². The number of rotatable bonds is 7. The average molecular weight is 784 g/mol. The summed E-state index contributed by atoms with van der Waals surface area (Å²) in [6.07, 6.45) is 0.814. The standard InChI is InChI=1S/C59H45NO/c1-59(2,3)51-33-19-31-44(39-21-7-4-8-22-39)57(51)60(52-34-17-15-29-45(52)46-32-20-36-54-56(46)47-30-16-18-35-53(47)61-54)58-50-37-42-27-13-14-28-43(42)49(50)38-48(40-23-9-5-10-24-40)55(58)41-25-11-6-12-26-41/h4-36,38H,37H2,1-3H3. The predicted octanol–water partition coefficient (Wildman–Crippen LogP) is 16.6. The van der Waals surface area contributed by atoms with E-state index in [-0.39, 0.29) is 5.41 Å². The number of furan rings is 1. The largest absolute Gasteiger partial charge is 0.456 e. The fraction of sp³-hybridized carbons (Fsp3) is 0.0847. The van der Waals surface area contributed by atoms with Gasteiger partial charge in [-0.3, -0.25) is 0 Å². The minimum absolute atomic E-state index is 0.218. The third kappa shape index (κ3) is 6.18. The van der Waals surface area contributed by atoms with Gasteiger partial charge in [-0.15, -0.1) is 0 Å². The van der Waals surface area contributed by atoms with Crippen LogP contribution in [0.3, 0.4) is 0 Å². The van der Waals surface area contributed by atoms with Crippen LogP contribution in [-0.4, -0.2) is 0 Å². The molecule has 0 N–H and O–H groups in total. The summed E-state index contributed by atoms with van der Waals surface area (Å²) in [5, 5.41) is 2.23. The molecule has 0 aliphatic heterocycles. The molecular formula is C59H45NO. The summed E-state index contributed by atoms with van der Waals surface area (Å²) < 4.78 is 6.55. The average Bonchev–Trinajstić information content (AvgIpc) is 3.88. The van der Waals surface area contributed by atoms with Gasteiger partial charge < -0.3 is 9.32 Å². The highest BCUT2D eigenvalue weighted by atomic mass is 16.3. The highest BCUT2D eigenvalue weighted by molar-refractivity contribution is 6.15. The lowest BCUT2D eigenvalue weighted by Crippen LogP contribution is -2.22. The Morgan fingerprint density at radius 2 is 0.984 bits per heavy atom. The molecule has 0 fully saturated rings. The molecule has 9 aromatic carbocycles. The Kier molecular flexibility index (Phi) is 8.83. The molecule has 61 heavy (non-hydrogen) atoms. The summed E-state index contributed by atoms with van der Waals surface area (Å²) >= 11 is 0. The Morgan fingerprint density at radius 3 is 1.72 bits per heavy atom. The van der Waals surface area contributed by atoms with Crippen LogP contribution in [0.15, 0.2) is 211 Å². The monoisotopic (exact) mass is 783 g/mol. The van der Waals surface area contributed by atoms with Crippen molar-refractivity contribution in [3.8, 4) is 55.6 Å². The van der Waals surface area contributed by atoms with Crippen molar-refractivity contribution in [2.75, 3.05) is 4.90 Å². The zero-order valence-electron chi connectivity index (χ0n) is 34.7. The van der Waals surface area contributed by atoms with Crippen molar-refractivity contribution in [2.45, 2.75) is 32.6 Å². The van der Waals surface area contributed by atoms with Gasteiger partial charge in [-0.2, -0.15) is 0 Å². The SMILES string of the molecule is CC(C)(C)c1cccc(-c2ccccc2)c1N(c1ccccc1-c1cccc2oc3ccccc3c12)c1c2c(cc(-c3ccccc3)c1-c1ccccc1)-c1ccccc1C2. The van der Waals surface area contributed by atoms with Gasteiger partial charge in [0.05, 0.1) is 17.1 Å². The van der Waals surface area contributed by atoms with E-state index in [1.54, 1.807) is 0 Å². The van der Waals surface area contributed by atoms with Crippen LogP contribution in [-0.2, 0) is 11.8 Å². The lowest BCUT2D eigenvalue weighted by atomic mass is 9.81. The Balaban J connectivity index is 1.36. The number of fused-ring (bicyclic) bond motifs is 6. The molecule has 0 bridgehead atoms. The minimum atomic E-state index is -0.218. The quantitative estimate of drug-likeness (QED) is 0.160. The summed E-state index contributed by atoms with van der Waals surface area (Å²) in [6, 6.07) is 75.3. The van der Waals surface area contributed by atoms with Crippen molar-refractivity contribution >= 4 is 39.0 Å². The molecule has 11 rings (SSSR count). The normalized spacial score (nSPS) is 12.1. The van der Waals surface area contributed by atoms with Gasteiger partial charge >= 0.3 is 0 Å². The second kappa shape index (κ2) is 14.7. The van der Waals surface area contributed by atoms with E-state index in [1.165, 1.54) is 72.6 Å². The molecule has 1 aliphatic carbocycles. The van der Waals surface area contributed by atoms with Crippen LogP contribution in [0.2, 0.25) is 0 Å². The van der Waals surface area contributed by atoms with E-state index < -0.39 is 0 Å². The number of hydrogen-bond donors (Lipinski definition) is 0. The third-order valence-electron chi connectivity index (χ3n) is 12.4. The van der Waals surface area contributed by atoms with Gasteiger partial charge in [0.25, 0.3) is 0 Å². The molecule has 1 aromatic heterocycles. The van der Waals surface area contributed by atoms with Crippen LogP contribution < -0.4 is 4.90 Å². The second-order valence-corrected chi connectivity index (χ2v) is 17.2. The van der Waals surface area contributed by atoms with Gasteiger partial charge in [0, 0.05) is 33.9 Å². The van der Waals surface area contributed by atoms with Gasteiger partial charge in [0.2, 0.25) is 0 Å². The summed E-state index contributed by atoms with van der Waals surface area (Å²) in [6.45, 7) is 7.05. The van der Waals surface area contributed by atoms with Crippen LogP contribution >= 0.6 is 0 Å². The predicted molar refractivity (Wildman–Crippen MR) is 257 cm³/mol. The number of benzene rings is 9. The van der Waals surface area contributed by atoms with Gasteiger partial charge in [0.1, 0.15) is 11.2 Å². The summed E-state index contributed by atoms with van der Waals surface area (Å²) in [5.74, 6) is 0. The Bertz CT molecular complexity index is 3240. The van der Waals surface area contributed by atoms with Crippen molar-refractivity contribution in [3.05, 3.63) is 223 Å². The molecule has 292 valence electrons. The molecule has 0 saturated heterocycles. The molecule has 0 unspecified atom stereocenters. The van der Waals surface area contributed by atoms with Gasteiger partial charge in [0.15, 0.2) is 0 Å². The van der Waals surface area contributed by atoms with Crippen LogP contribution in [0.5, 0.6) is 0 Å². The van der Waals surface area contributed by atoms with Crippen LogP contribution in [0, 0.1) is 0 Å². The Morgan fingerprint density at radius 1 is 0.426 bits per heavy atom. The smallest absolute Gasteiger partial charge is 0.136 e. The van der Waals surface area contributed by atoms with E-state index in [1.807, 2.05) is 0 Å². The lowest BCUT2D eigenvalue weighted by Gasteiger charge is -2.38. The fourth-order valence-corrected chi connectivity index (χ4v) is 9.73. The number of nitrogens with zero attached hydrogens (tertiary/aromatic N) is 1. The molecule has 0 atom stereocenters. The molecular weight excluding hydrogens is 739 g/mol. The Hall–Kier alpha value is -7.42. The molecule has 0 radical (unpaired) electrons.